The SMILES string of the molecule is CSC1CCC(n2c(=S)[nH]c3cc(F)ccc32)CC1. The van der Waals surface area contributed by atoms with Crippen molar-refractivity contribution in [3.63, 3.8) is 0 Å². The third kappa shape index (κ3) is 2.46. The van der Waals surface area contributed by atoms with E-state index in [4.69, 9.17) is 12.2 Å². The molecule has 0 bridgehead atoms. The Morgan fingerprint density at radius 2 is 2.05 bits per heavy atom. The zero-order valence-electron chi connectivity index (χ0n) is 10.9. The van der Waals surface area contributed by atoms with Crippen molar-refractivity contribution >= 4 is 35.0 Å². The molecule has 0 aliphatic heterocycles. The van der Waals surface area contributed by atoms with E-state index in [1.165, 1.54) is 25.0 Å². The Morgan fingerprint density at radius 1 is 1.32 bits per heavy atom. The van der Waals surface area contributed by atoms with Crippen LogP contribution in [-0.4, -0.2) is 21.1 Å². The van der Waals surface area contributed by atoms with Gasteiger partial charge < -0.3 is 9.55 Å². The molecule has 0 atom stereocenters. The summed E-state index contributed by atoms with van der Waals surface area (Å²) in [5, 5.41) is 0.785. The molecule has 0 radical (unpaired) electrons. The van der Waals surface area contributed by atoms with Crippen molar-refractivity contribution in [2.75, 3.05) is 6.26 Å². The Hall–Kier alpha value is -0.810. The van der Waals surface area contributed by atoms with Gasteiger partial charge in [-0.15, -0.1) is 0 Å². The lowest BCUT2D eigenvalue weighted by Crippen LogP contribution is -2.19. The number of H-pyrrole nitrogens is 1. The number of aromatic amines is 1. The largest absolute Gasteiger partial charge is 0.330 e. The molecule has 5 heteroatoms. The minimum absolute atomic E-state index is 0.220. The molecule has 1 N–H and O–H groups in total. The van der Waals surface area contributed by atoms with Gasteiger partial charge in [0, 0.05) is 11.3 Å². The quantitative estimate of drug-likeness (QED) is 0.812. The van der Waals surface area contributed by atoms with Gasteiger partial charge in [0.2, 0.25) is 0 Å². The maximum atomic E-state index is 13.3. The molecule has 1 aromatic heterocycles. The number of benzene rings is 1. The van der Waals surface area contributed by atoms with E-state index < -0.39 is 0 Å². The number of nitrogens with zero attached hydrogens (tertiary/aromatic N) is 1. The van der Waals surface area contributed by atoms with Crippen molar-refractivity contribution in [1.29, 1.82) is 0 Å². The van der Waals surface area contributed by atoms with Crippen LogP contribution >= 0.6 is 24.0 Å². The van der Waals surface area contributed by atoms with Crippen LogP contribution in [0.25, 0.3) is 11.0 Å². The van der Waals surface area contributed by atoms with Crippen molar-refractivity contribution in [1.82, 2.24) is 9.55 Å². The lowest BCUT2D eigenvalue weighted by atomic mass is 9.94. The van der Waals surface area contributed by atoms with Gasteiger partial charge in [-0.05, 0) is 62.4 Å². The molecule has 1 aliphatic carbocycles. The summed E-state index contributed by atoms with van der Waals surface area (Å²) >= 11 is 7.38. The predicted molar refractivity (Wildman–Crippen MR) is 81.9 cm³/mol. The molecular formula is C14H17FN2S2. The van der Waals surface area contributed by atoms with Crippen molar-refractivity contribution in [2.24, 2.45) is 0 Å². The van der Waals surface area contributed by atoms with Gasteiger partial charge in [0.05, 0.1) is 11.0 Å². The van der Waals surface area contributed by atoms with Crippen LogP contribution in [0.1, 0.15) is 31.7 Å². The van der Waals surface area contributed by atoms with Crippen LogP contribution in [0.15, 0.2) is 18.2 Å². The van der Waals surface area contributed by atoms with Gasteiger partial charge in [0.1, 0.15) is 5.82 Å². The molecule has 1 saturated carbocycles. The second kappa shape index (κ2) is 5.29. The van der Waals surface area contributed by atoms with Gasteiger partial charge in [0.15, 0.2) is 4.77 Å². The maximum Gasteiger partial charge on any atom is 0.178 e. The zero-order valence-corrected chi connectivity index (χ0v) is 12.5. The number of halogens is 1. The van der Waals surface area contributed by atoms with Crippen molar-refractivity contribution in [3.05, 3.63) is 28.8 Å². The predicted octanol–water partition coefficient (Wildman–Crippen LogP) is 4.68. The standard InChI is InChI=1S/C14H17FN2S2/c1-19-11-5-3-10(4-6-11)17-13-7-2-9(15)8-12(13)16-14(17)18/h2,7-8,10-11H,3-6H2,1H3,(H,16,18). The van der Waals surface area contributed by atoms with Crippen molar-refractivity contribution < 1.29 is 4.39 Å². The summed E-state index contributed by atoms with van der Waals surface area (Å²) in [5.74, 6) is -0.220. The van der Waals surface area contributed by atoms with Crippen LogP contribution < -0.4 is 0 Å². The maximum absolute atomic E-state index is 13.3. The average Bonchev–Trinajstić information content (AvgIpc) is 2.74. The van der Waals surface area contributed by atoms with Crippen LogP contribution in [0, 0.1) is 10.6 Å². The Kier molecular flexibility index (Phi) is 3.67. The monoisotopic (exact) mass is 296 g/mol. The number of fused-ring (bicyclic) bond motifs is 1. The molecule has 102 valence electrons. The Bertz CT molecular complexity index is 638. The van der Waals surface area contributed by atoms with Crippen LogP contribution in [0.4, 0.5) is 4.39 Å². The highest BCUT2D eigenvalue weighted by Gasteiger charge is 2.23. The fourth-order valence-corrected chi connectivity index (χ4v) is 4.11. The second-order valence-corrected chi connectivity index (χ2v) is 6.65. The Labute approximate surface area is 121 Å². The fourth-order valence-electron chi connectivity index (χ4n) is 3.00. The molecule has 2 nitrogen and oxygen atoms in total. The van der Waals surface area contributed by atoms with Crippen LogP contribution in [0.5, 0.6) is 0 Å². The number of rotatable bonds is 2. The van der Waals surface area contributed by atoms with Crippen LogP contribution in [-0.2, 0) is 0 Å². The van der Waals surface area contributed by atoms with Gasteiger partial charge in [-0.1, -0.05) is 0 Å². The van der Waals surface area contributed by atoms with Crippen LogP contribution in [0.2, 0.25) is 0 Å². The minimum Gasteiger partial charge on any atom is -0.330 e. The van der Waals surface area contributed by atoms with E-state index in [0.717, 1.165) is 29.1 Å². The molecular weight excluding hydrogens is 279 g/mol. The highest BCUT2D eigenvalue weighted by molar-refractivity contribution is 7.99. The first kappa shape index (κ1) is 13.2. The summed E-state index contributed by atoms with van der Waals surface area (Å²) in [5.41, 5.74) is 1.83. The highest BCUT2D eigenvalue weighted by Crippen LogP contribution is 2.35. The van der Waals surface area contributed by atoms with E-state index in [9.17, 15) is 4.39 Å². The van der Waals surface area contributed by atoms with Crippen molar-refractivity contribution in [3.8, 4) is 0 Å². The number of hydrogen-bond acceptors (Lipinski definition) is 2. The summed E-state index contributed by atoms with van der Waals surface area (Å²) in [6.45, 7) is 0. The number of aromatic nitrogens is 2. The number of hydrogen-bond donors (Lipinski definition) is 1. The molecule has 1 heterocycles. The molecule has 1 aliphatic rings. The lowest BCUT2D eigenvalue weighted by molar-refractivity contribution is 0.364. The molecule has 1 fully saturated rings. The third-order valence-electron chi connectivity index (χ3n) is 4.02. The summed E-state index contributed by atoms with van der Waals surface area (Å²) in [6, 6.07) is 5.32. The first-order valence-electron chi connectivity index (χ1n) is 6.61. The molecule has 0 amide bonds. The molecule has 0 saturated heterocycles. The fraction of sp³-hybridized carbons (Fsp3) is 0.500. The molecule has 2 aromatic rings. The van der Waals surface area contributed by atoms with Gasteiger partial charge in [-0.2, -0.15) is 11.8 Å². The number of nitrogens with one attached hydrogen (secondary N) is 1. The summed E-state index contributed by atoms with van der Waals surface area (Å²) < 4.78 is 16.1. The van der Waals surface area contributed by atoms with E-state index >= 15 is 0 Å². The molecule has 0 spiro atoms. The summed E-state index contributed by atoms with van der Waals surface area (Å²) in [6.07, 6.45) is 6.97. The third-order valence-corrected chi connectivity index (χ3v) is 5.46. The van der Waals surface area contributed by atoms with Gasteiger partial charge in [-0.3, -0.25) is 0 Å². The zero-order chi connectivity index (χ0) is 13.4. The lowest BCUT2D eigenvalue weighted by Gasteiger charge is -2.28. The minimum atomic E-state index is -0.220. The molecule has 1 aromatic carbocycles. The number of thioether (sulfide) groups is 1. The summed E-state index contributed by atoms with van der Waals surface area (Å²) in [7, 11) is 0. The van der Waals surface area contributed by atoms with E-state index in [1.807, 2.05) is 17.8 Å². The number of imidazole rings is 1. The first-order chi connectivity index (χ1) is 9.19. The Morgan fingerprint density at radius 3 is 2.74 bits per heavy atom. The molecule has 3 rings (SSSR count). The van der Waals surface area contributed by atoms with Crippen LogP contribution in [0.3, 0.4) is 0 Å². The molecule has 19 heavy (non-hydrogen) atoms. The Balaban J connectivity index is 1.97. The topological polar surface area (TPSA) is 20.7 Å². The van der Waals surface area contributed by atoms with E-state index in [0.29, 0.717) is 10.8 Å². The van der Waals surface area contributed by atoms with E-state index in [-0.39, 0.29) is 5.82 Å². The normalized spacial score (nSPS) is 23.9. The molecule has 0 unspecified atom stereocenters. The van der Waals surface area contributed by atoms with E-state index in [2.05, 4.69) is 15.8 Å². The smallest absolute Gasteiger partial charge is 0.178 e. The van der Waals surface area contributed by atoms with Crippen molar-refractivity contribution in [2.45, 2.75) is 37.0 Å². The van der Waals surface area contributed by atoms with Gasteiger partial charge in [-0.25, -0.2) is 4.39 Å². The van der Waals surface area contributed by atoms with Gasteiger partial charge in [0.25, 0.3) is 0 Å². The average molecular weight is 296 g/mol. The highest BCUT2D eigenvalue weighted by atomic mass is 32.2. The first-order valence-corrected chi connectivity index (χ1v) is 8.31. The second-order valence-electron chi connectivity index (χ2n) is 5.13. The van der Waals surface area contributed by atoms with Gasteiger partial charge >= 0.3 is 0 Å². The van der Waals surface area contributed by atoms with E-state index in [1.54, 1.807) is 0 Å². The summed E-state index contributed by atoms with van der Waals surface area (Å²) in [4.78, 5) is 3.12.